The second kappa shape index (κ2) is 12.4. The molecular weight excluding hydrogens is 472 g/mol. The van der Waals surface area contributed by atoms with Crippen LogP contribution < -0.4 is 14.8 Å². The number of nitrogens with zero attached hydrogens (tertiary/aromatic N) is 1. The number of carbonyl (C=O) groups is 2. The van der Waals surface area contributed by atoms with Gasteiger partial charge >= 0.3 is 0 Å². The molecule has 2 aliphatic heterocycles. The summed E-state index contributed by atoms with van der Waals surface area (Å²) in [4.78, 5) is 29.2. The lowest BCUT2D eigenvalue weighted by Gasteiger charge is -2.45. The lowest BCUT2D eigenvalue weighted by Crippen LogP contribution is -2.50. The first kappa shape index (κ1) is 26.9. The van der Waals surface area contributed by atoms with Crippen molar-refractivity contribution in [1.29, 1.82) is 0 Å². The molecule has 2 heterocycles. The average molecular weight is 511 g/mol. The Kier molecular flexibility index (Phi) is 9.05. The number of ether oxygens (including phenoxy) is 4. The molecule has 0 aliphatic carbocycles. The summed E-state index contributed by atoms with van der Waals surface area (Å²) in [5.74, 6) is 0.596. The van der Waals surface area contributed by atoms with E-state index < -0.39 is 12.0 Å². The van der Waals surface area contributed by atoms with E-state index in [4.69, 9.17) is 18.9 Å². The van der Waals surface area contributed by atoms with Crippen LogP contribution in [0.15, 0.2) is 36.4 Å². The molecule has 1 N–H and O–H groups in total. The molecule has 4 rings (SSSR count). The van der Waals surface area contributed by atoms with E-state index in [0.29, 0.717) is 69.4 Å². The van der Waals surface area contributed by atoms with Gasteiger partial charge in [-0.05, 0) is 69.0 Å². The van der Waals surface area contributed by atoms with Crippen LogP contribution in [0.2, 0.25) is 0 Å². The van der Waals surface area contributed by atoms with E-state index in [9.17, 15) is 9.59 Å². The summed E-state index contributed by atoms with van der Waals surface area (Å²) in [6.07, 6.45) is 0.858. The minimum atomic E-state index is -0.557. The van der Waals surface area contributed by atoms with Gasteiger partial charge in [0, 0.05) is 38.3 Å². The molecule has 2 atom stereocenters. The molecule has 0 aromatic heterocycles. The highest BCUT2D eigenvalue weighted by atomic mass is 16.7. The lowest BCUT2D eigenvalue weighted by molar-refractivity contribution is -0.140. The molecule has 0 spiro atoms. The van der Waals surface area contributed by atoms with Crippen molar-refractivity contribution in [3.63, 3.8) is 0 Å². The summed E-state index contributed by atoms with van der Waals surface area (Å²) < 4.78 is 23.0. The van der Waals surface area contributed by atoms with Crippen molar-refractivity contribution in [3.05, 3.63) is 58.7 Å². The molecule has 8 heteroatoms. The van der Waals surface area contributed by atoms with Gasteiger partial charge in [0.2, 0.25) is 5.91 Å². The molecule has 200 valence electrons. The summed E-state index contributed by atoms with van der Waals surface area (Å²) in [6, 6.07) is 11.0. The average Bonchev–Trinajstić information content (AvgIpc) is 2.90. The van der Waals surface area contributed by atoms with Crippen molar-refractivity contribution in [1.82, 2.24) is 10.2 Å². The maximum Gasteiger partial charge on any atom is 0.254 e. The van der Waals surface area contributed by atoms with Crippen LogP contribution in [0.5, 0.6) is 11.5 Å². The third-order valence-electron chi connectivity index (χ3n) is 6.85. The van der Waals surface area contributed by atoms with Gasteiger partial charge in [-0.25, -0.2) is 0 Å². The maximum atomic E-state index is 13.8. The van der Waals surface area contributed by atoms with E-state index in [-0.39, 0.29) is 18.1 Å². The summed E-state index contributed by atoms with van der Waals surface area (Å²) in [7, 11) is 0. The zero-order chi connectivity index (χ0) is 26.4. The zero-order valence-corrected chi connectivity index (χ0v) is 22.2. The van der Waals surface area contributed by atoms with Gasteiger partial charge in [-0.1, -0.05) is 18.2 Å². The zero-order valence-electron chi connectivity index (χ0n) is 22.2. The smallest absolute Gasteiger partial charge is 0.254 e. The summed E-state index contributed by atoms with van der Waals surface area (Å²) in [6.45, 7) is 10.7. The predicted molar refractivity (Wildman–Crippen MR) is 140 cm³/mol. The van der Waals surface area contributed by atoms with Gasteiger partial charge in [0.05, 0.1) is 25.2 Å². The van der Waals surface area contributed by atoms with Crippen LogP contribution in [0, 0.1) is 0 Å². The first-order valence-corrected chi connectivity index (χ1v) is 13.4. The fraction of sp³-hybridized carbons (Fsp3) is 0.517. The molecule has 2 aliphatic rings. The van der Waals surface area contributed by atoms with Crippen molar-refractivity contribution >= 4 is 11.8 Å². The van der Waals surface area contributed by atoms with Crippen LogP contribution >= 0.6 is 0 Å². The monoisotopic (exact) mass is 510 g/mol. The normalized spacial score (nSPS) is 18.2. The highest BCUT2D eigenvalue weighted by Gasteiger charge is 2.46. The third-order valence-corrected chi connectivity index (χ3v) is 6.85. The third kappa shape index (κ3) is 5.60. The van der Waals surface area contributed by atoms with Crippen molar-refractivity contribution in [2.75, 3.05) is 39.5 Å². The topological polar surface area (TPSA) is 86.3 Å². The van der Waals surface area contributed by atoms with Crippen molar-refractivity contribution < 1.29 is 28.5 Å². The first-order chi connectivity index (χ1) is 18.0. The first-order valence-electron chi connectivity index (χ1n) is 13.4. The van der Waals surface area contributed by atoms with Gasteiger partial charge in [-0.2, -0.15) is 0 Å². The second-order valence-corrected chi connectivity index (χ2v) is 9.04. The molecule has 0 saturated carbocycles. The number of hydrogen-bond donors (Lipinski definition) is 1. The van der Waals surface area contributed by atoms with E-state index in [2.05, 4.69) is 5.32 Å². The van der Waals surface area contributed by atoms with Gasteiger partial charge in [-0.15, -0.1) is 0 Å². The summed E-state index contributed by atoms with van der Waals surface area (Å²) in [5.41, 5.74) is 3.34. The molecule has 0 fully saturated rings. The number of rotatable bonds is 12. The number of carbonyl (C=O) groups excluding carboxylic acids is 2. The molecule has 37 heavy (non-hydrogen) atoms. The van der Waals surface area contributed by atoms with E-state index in [1.165, 1.54) is 0 Å². The fourth-order valence-corrected chi connectivity index (χ4v) is 5.36. The van der Waals surface area contributed by atoms with E-state index in [1.54, 1.807) is 0 Å². The Balaban J connectivity index is 1.70. The Morgan fingerprint density at radius 2 is 1.65 bits per heavy atom. The van der Waals surface area contributed by atoms with E-state index >= 15 is 0 Å². The molecule has 0 radical (unpaired) electrons. The van der Waals surface area contributed by atoms with Gasteiger partial charge in [0.1, 0.15) is 0 Å². The Bertz CT molecular complexity index is 1100. The minimum absolute atomic E-state index is 0.0464. The van der Waals surface area contributed by atoms with E-state index in [0.717, 1.165) is 16.7 Å². The number of benzene rings is 2. The number of hydrogen-bond acceptors (Lipinski definition) is 6. The molecule has 0 bridgehead atoms. The minimum Gasteiger partial charge on any atom is -0.490 e. The molecule has 2 aromatic carbocycles. The standard InChI is InChI=1S/C29H38N2O6/c1-5-34-23-17-19-14-16-31-27(22(19)18-24(23)35-6-2)26(20-11-9-10-12-21(20)29(31)33)28(32)30-15-13-25(36-7-3)37-8-4/h9-12,17-18,25-27H,5-8,13-16H2,1-4H3,(H,30,32)/t26-,27+/m1/s1. The Morgan fingerprint density at radius 1 is 0.973 bits per heavy atom. The SMILES string of the molecule is CCOc1cc2c(cc1OCC)[C@H]1[C@H](C(=O)NCCC(OCC)OCC)c3ccccc3C(=O)N1CC2. The number of fused-ring (bicyclic) bond motifs is 4. The second-order valence-electron chi connectivity index (χ2n) is 9.04. The maximum absolute atomic E-state index is 13.8. The predicted octanol–water partition coefficient (Wildman–Crippen LogP) is 4.23. The van der Waals surface area contributed by atoms with Gasteiger partial charge < -0.3 is 29.2 Å². The van der Waals surface area contributed by atoms with E-state index in [1.807, 2.05) is 69.0 Å². The summed E-state index contributed by atoms with van der Waals surface area (Å²) >= 11 is 0. The molecular formula is C29H38N2O6. The molecule has 0 unspecified atom stereocenters. The van der Waals surface area contributed by atoms with Crippen LogP contribution in [-0.2, 0) is 20.7 Å². The van der Waals surface area contributed by atoms with Crippen LogP contribution in [-0.4, -0.2) is 62.5 Å². The molecule has 0 saturated heterocycles. The number of nitrogens with one attached hydrogen (secondary N) is 1. The highest BCUT2D eigenvalue weighted by Crippen LogP contribution is 2.48. The largest absolute Gasteiger partial charge is 0.490 e. The fourth-order valence-electron chi connectivity index (χ4n) is 5.36. The lowest BCUT2D eigenvalue weighted by atomic mass is 9.75. The number of amides is 2. The Hall–Kier alpha value is -3.10. The van der Waals surface area contributed by atoms with Crippen LogP contribution in [0.4, 0.5) is 0 Å². The quantitative estimate of drug-likeness (QED) is 0.430. The molecule has 8 nitrogen and oxygen atoms in total. The van der Waals surface area contributed by atoms with Crippen molar-refractivity contribution in [2.24, 2.45) is 0 Å². The van der Waals surface area contributed by atoms with Gasteiger partial charge in [0.25, 0.3) is 5.91 Å². The van der Waals surface area contributed by atoms with Crippen molar-refractivity contribution in [2.45, 2.75) is 58.8 Å². The van der Waals surface area contributed by atoms with Crippen LogP contribution in [0.25, 0.3) is 0 Å². The van der Waals surface area contributed by atoms with Crippen molar-refractivity contribution in [3.8, 4) is 11.5 Å². The van der Waals surface area contributed by atoms with Gasteiger partial charge in [-0.3, -0.25) is 9.59 Å². The summed E-state index contributed by atoms with van der Waals surface area (Å²) in [5, 5.41) is 3.10. The van der Waals surface area contributed by atoms with Crippen LogP contribution in [0.1, 0.15) is 73.1 Å². The Labute approximate surface area is 219 Å². The van der Waals surface area contributed by atoms with Gasteiger partial charge in [0.15, 0.2) is 17.8 Å². The van der Waals surface area contributed by atoms with Crippen LogP contribution in [0.3, 0.4) is 0 Å². The Morgan fingerprint density at radius 3 is 2.32 bits per heavy atom. The molecule has 2 amide bonds. The molecule has 2 aromatic rings. The highest BCUT2D eigenvalue weighted by molar-refractivity contribution is 6.01.